The number of amides is 1. The molecule has 0 fully saturated rings. The summed E-state index contributed by atoms with van der Waals surface area (Å²) in [7, 11) is 1.61. The van der Waals surface area contributed by atoms with E-state index in [1.54, 1.807) is 7.11 Å². The molecule has 1 amide bonds. The SMILES string of the molecule is COCCC(C)NC(=O)c1cc(O)ccc1N. The molecule has 5 nitrogen and oxygen atoms in total. The second-order valence-electron chi connectivity index (χ2n) is 3.93. The van der Waals surface area contributed by atoms with Crippen molar-refractivity contribution in [1.82, 2.24) is 5.32 Å². The number of nitrogen functional groups attached to an aromatic ring is 1. The van der Waals surface area contributed by atoms with Crippen LogP contribution >= 0.6 is 0 Å². The lowest BCUT2D eigenvalue weighted by atomic mass is 10.1. The Labute approximate surface area is 101 Å². The first kappa shape index (κ1) is 13.3. The molecular formula is C12H18N2O3. The highest BCUT2D eigenvalue weighted by atomic mass is 16.5. The van der Waals surface area contributed by atoms with Gasteiger partial charge in [0, 0.05) is 25.4 Å². The van der Waals surface area contributed by atoms with Crippen LogP contribution in [0.3, 0.4) is 0 Å². The summed E-state index contributed by atoms with van der Waals surface area (Å²) < 4.78 is 4.93. The van der Waals surface area contributed by atoms with Crippen molar-refractivity contribution in [2.24, 2.45) is 0 Å². The molecule has 0 aliphatic heterocycles. The van der Waals surface area contributed by atoms with Crippen molar-refractivity contribution in [2.75, 3.05) is 19.5 Å². The Kier molecular flexibility index (Phi) is 4.78. The molecule has 0 bridgehead atoms. The molecule has 1 aromatic carbocycles. The first-order valence-corrected chi connectivity index (χ1v) is 5.43. The van der Waals surface area contributed by atoms with Gasteiger partial charge in [-0.15, -0.1) is 0 Å². The minimum Gasteiger partial charge on any atom is -0.508 e. The van der Waals surface area contributed by atoms with Gasteiger partial charge in [-0.2, -0.15) is 0 Å². The molecule has 1 aromatic rings. The Morgan fingerprint density at radius 2 is 2.29 bits per heavy atom. The monoisotopic (exact) mass is 238 g/mol. The largest absolute Gasteiger partial charge is 0.508 e. The third-order valence-corrected chi connectivity index (χ3v) is 2.41. The summed E-state index contributed by atoms with van der Waals surface area (Å²) >= 11 is 0. The molecule has 0 spiro atoms. The smallest absolute Gasteiger partial charge is 0.253 e. The van der Waals surface area contributed by atoms with Crippen LogP contribution in [-0.4, -0.2) is 30.8 Å². The van der Waals surface area contributed by atoms with Gasteiger partial charge in [0.15, 0.2) is 0 Å². The molecule has 1 unspecified atom stereocenters. The average molecular weight is 238 g/mol. The molecule has 4 N–H and O–H groups in total. The van der Waals surface area contributed by atoms with Crippen LogP contribution in [-0.2, 0) is 4.74 Å². The van der Waals surface area contributed by atoms with Crippen LogP contribution in [0.5, 0.6) is 5.75 Å². The zero-order chi connectivity index (χ0) is 12.8. The molecule has 5 heteroatoms. The number of carbonyl (C=O) groups is 1. The van der Waals surface area contributed by atoms with Crippen LogP contribution in [0.1, 0.15) is 23.7 Å². The van der Waals surface area contributed by atoms with Crippen molar-refractivity contribution >= 4 is 11.6 Å². The van der Waals surface area contributed by atoms with Crippen molar-refractivity contribution in [3.63, 3.8) is 0 Å². The molecule has 0 saturated heterocycles. The van der Waals surface area contributed by atoms with E-state index in [2.05, 4.69) is 5.32 Å². The first-order valence-electron chi connectivity index (χ1n) is 5.43. The van der Waals surface area contributed by atoms with Crippen molar-refractivity contribution in [1.29, 1.82) is 0 Å². The molecule has 0 aliphatic carbocycles. The maximum Gasteiger partial charge on any atom is 0.253 e. The van der Waals surface area contributed by atoms with Crippen LogP contribution in [0.2, 0.25) is 0 Å². The van der Waals surface area contributed by atoms with Gasteiger partial charge in [0.05, 0.1) is 5.56 Å². The van der Waals surface area contributed by atoms with Gasteiger partial charge in [0.1, 0.15) is 5.75 Å². The molecule has 0 saturated carbocycles. The van der Waals surface area contributed by atoms with Crippen LogP contribution in [0, 0.1) is 0 Å². The molecule has 0 aliphatic rings. The highest BCUT2D eigenvalue weighted by Gasteiger charge is 2.13. The maximum atomic E-state index is 11.8. The van der Waals surface area contributed by atoms with Crippen LogP contribution in [0.25, 0.3) is 0 Å². The Hall–Kier alpha value is -1.75. The van der Waals surface area contributed by atoms with E-state index in [0.717, 1.165) is 6.42 Å². The van der Waals surface area contributed by atoms with E-state index in [0.29, 0.717) is 12.3 Å². The number of aromatic hydroxyl groups is 1. The van der Waals surface area contributed by atoms with Gasteiger partial charge in [-0.1, -0.05) is 0 Å². The van der Waals surface area contributed by atoms with Gasteiger partial charge >= 0.3 is 0 Å². The van der Waals surface area contributed by atoms with E-state index >= 15 is 0 Å². The van der Waals surface area contributed by atoms with E-state index < -0.39 is 0 Å². The quantitative estimate of drug-likeness (QED) is 0.530. The number of nitrogens with one attached hydrogen (secondary N) is 1. The molecule has 17 heavy (non-hydrogen) atoms. The van der Waals surface area contributed by atoms with E-state index in [1.165, 1.54) is 18.2 Å². The number of benzene rings is 1. The second-order valence-corrected chi connectivity index (χ2v) is 3.93. The number of ether oxygens (including phenoxy) is 1. The zero-order valence-electron chi connectivity index (χ0n) is 10.1. The number of rotatable bonds is 5. The molecule has 0 radical (unpaired) electrons. The third kappa shape index (κ3) is 3.96. The number of carbonyl (C=O) groups excluding carboxylic acids is 1. The van der Waals surface area contributed by atoms with Crippen molar-refractivity contribution < 1.29 is 14.6 Å². The lowest BCUT2D eigenvalue weighted by Gasteiger charge is -2.14. The minimum atomic E-state index is -0.290. The van der Waals surface area contributed by atoms with Crippen LogP contribution in [0.15, 0.2) is 18.2 Å². The predicted octanol–water partition coefficient (Wildman–Crippen LogP) is 1.13. The number of phenolic OH excluding ortho intramolecular Hbond substituents is 1. The first-order chi connectivity index (χ1) is 8.04. The molecule has 1 atom stereocenters. The minimum absolute atomic E-state index is 0.0100. The summed E-state index contributed by atoms with van der Waals surface area (Å²) in [6, 6.07) is 4.29. The lowest BCUT2D eigenvalue weighted by molar-refractivity contribution is 0.0930. The van der Waals surface area contributed by atoms with Crippen LogP contribution < -0.4 is 11.1 Å². The summed E-state index contributed by atoms with van der Waals surface area (Å²) in [6.07, 6.45) is 0.723. The standard InChI is InChI=1S/C12H18N2O3/c1-8(5-6-17-2)14-12(16)10-7-9(15)3-4-11(10)13/h3-4,7-8,15H,5-6,13H2,1-2H3,(H,14,16). The maximum absolute atomic E-state index is 11.8. The van der Waals surface area contributed by atoms with Gasteiger partial charge in [-0.05, 0) is 31.5 Å². The van der Waals surface area contributed by atoms with Crippen molar-refractivity contribution in [2.45, 2.75) is 19.4 Å². The van der Waals surface area contributed by atoms with Crippen molar-refractivity contribution in [3.05, 3.63) is 23.8 Å². The summed E-state index contributed by atoms with van der Waals surface area (Å²) in [5, 5.41) is 12.1. The Bertz CT molecular complexity index is 393. The van der Waals surface area contributed by atoms with Gasteiger partial charge in [-0.25, -0.2) is 0 Å². The lowest BCUT2D eigenvalue weighted by Crippen LogP contribution is -2.33. The zero-order valence-corrected chi connectivity index (χ0v) is 10.1. The van der Waals surface area contributed by atoms with Gasteiger partial charge in [0.25, 0.3) is 5.91 Å². The highest BCUT2D eigenvalue weighted by Crippen LogP contribution is 2.18. The van der Waals surface area contributed by atoms with Gasteiger partial charge in [0.2, 0.25) is 0 Å². The highest BCUT2D eigenvalue weighted by molar-refractivity contribution is 5.99. The second kappa shape index (κ2) is 6.10. The average Bonchev–Trinajstić information content (AvgIpc) is 2.29. The Balaban J connectivity index is 2.66. The molecular weight excluding hydrogens is 220 g/mol. The Morgan fingerprint density at radius 3 is 2.94 bits per heavy atom. The number of phenols is 1. The fourth-order valence-electron chi connectivity index (χ4n) is 1.41. The summed E-state index contributed by atoms with van der Waals surface area (Å²) in [6.45, 7) is 2.47. The van der Waals surface area contributed by atoms with Crippen LogP contribution in [0.4, 0.5) is 5.69 Å². The van der Waals surface area contributed by atoms with Gasteiger partial charge in [-0.3, -0.25) is 4.79 Å². The third-order valence-electron chi connectivity index (χ3n) is 2.41. The molecule has 94 valence electrons. The van der Waals surface area contributed by atoms with E-state index in [1.807, 2.05) is 6.92 Å². The summed E-state index contributed by atoms with van der Waals surface area (Å²) in [5.41, 5.74) is 6.30. The number of nitrogens with two attached hydrogens (primary N) is 1. The number of hydrogen-bond donors (Lipinski definition) is 3. The number of hydrogen-bond acceptors (Lipinski definition) is 4. The molecule has 0 heterocycles. The van der Waals surface area contributed by atoms with Crippen molar-refractivity contribution in [3.8, 4) is 5.75 Å². The fraction of sp³-hybridized carbons (Fsp3) is 0.417. The number of methoxy groups -OCH3 is 1. The topological polar surface area (TPSA) is 84.6 Å². The summed E-state index contributed by atoms with van der Waals surface area (Å²) in [4.78, 5) is 11.8. The predicted molar refractivity (Wildman–Crippen MR) is 65.9 cm³/mol. The number of anilines is 1. The fourth-order valence-corrected chi connectivity index (χ4v) is 1.41. The van der Waals surface area contributed by atoms with Gasteiger partial charge < -0.3 is 20.9 Å². The molecule has 1 rings (SSSR count). The normalized spacial score (nSPS) is 12.1. The summed E-state index contributed by atoms with van der Waals surface area (Å²) in [5.74, 6) is -0.268. The van der Waals surface area contributed by atoms with E-state index in [9.17, 15) is 9.90 Å². The van der Waals surface area contributed by atoms with E-state index in [-0.39, 0.29) is 23.3 Å². The molecule has 0 aromatic heterocycles. The van der Waals surface area contributed by atoms with E-state index in [4.69, 9.17) is 10.5 Å². The Morgan fingerprint density at radius 1 is 1.59 bits per heavy atom.